The highest BCUT2D eigenvalue weighted by molar-refractivity contribution is 5.77. The fourth-order valence-electron chi connectivity index (χ4n) is 3.83. The van der Waals surface area contributed by atoms with E-state index >= 15 is 0 Å². The molecule has 6 heteroatoms. The molecule has 1 aromatic heterocycles. The van der Waals surface area contributed by atoms with E-state index in [1.807, 2.05) is 53.4 Å². The topological polar surface area (TPSA) is 68.5 Å². The van der Waals surface area contributed by atoms with Gasteiger partial charge in [0.05, 0.1) is 12.6 Å². The second-order valence-electron chi connectivity index (χ2n) is 7.61. The molecule has 0 saturated carbocycles. The summed E-state index contributed by atoms with van der Waals surface area (Å²) in [6.07, 6.45) is 4.17. The van der Waals surface area contributed by atoms with Crippen molar-refractivity contribution in [3.05, 3.63) is 83.5 Å². The second kappa shape index (κ2) is 10.2. The number of hydrogen-bond donors (Lipinski definition) is 0. The molecule has 4 rings (SSSR count). The van der Waals surface area contributed by atoms with Crippen molar-refractivity contribution >= 4 is 5.91 Å². The van der Waals surface area contributed by atoms with Gasteiger partial charge in [0.1, 0.15) is 6.61 Å². The number of carbonyl (C=O) groups excluding carboxylic acids is 1. The maximum absolute atomic E-state index is 12.9. The van der Waals surface area contributed by atoms with Crippen LogP contribution in [-0.2, 0) is 29.2 Å². The number of carbonyl (C=O) groups is 1. The first kappa shape index (κ1) is 20.3. The zero-order chi connectivity index (χ0) is 20.6. The third kappa shape index (κ3) is 5.33. The molecule has 30 heavy (non-hydrogen) atoms. The summed E-state index contributed by atoms with van der Waals surface area (Å²) in [4.78, 5) is 19.3. The van der Waals surface area contributed by atoms with Crippen LogP contribution in [0, 0.1) is 0 Å². The summed E-state index contributed by atoms with van der Waals surface area (Å²) < 4.78 is 11.1. The van der Waals surface area contributed by atoms with Crippen LogP contribution < -0.4 is 0 Å². The van der Waals surface area contributed by atoms with Gasteiger partial charge in [-0.3, -0.25) is 4.79 Å². The average molecular weight is 405 g/mol. The van der Waals surface area contributed by atoms with Crippen LogP contribution in [0.4, 0.5) is 0 Å². The first-order valence-electron chi connectivity index (χ1n) is 10.6. The Hall–Kier alpha value is -2.99. The minimum Gasteiger partial charge on any atom is -0.367 e. The molecule has 3 aromatic rings. The molecular weight excluding hydrogens is 378 g/mol. The van der Waals surface area contributed by atoms with Gasteiger partial charge in [-0.1, -0.05) is 65.8 Å². The van der Waals surface area contributed by atoms with Gasteiger partial charge in [-0.05, 0) is 36.8 Å². The predicted octanol–water partition coefficient (Wildman–Crippen LogP) is 4.47. The molecular formula is C24H27N3O3. The molecule has 6 nitrogen and oxygen atoms in total. The summed E-state index contributed by atoms with van der Waals surface area (Å²) in [7, 11) is 0. The summed E-state index contributed by atoms with van der Waals surface area (Å²) in [5.41, 5.74) is 2.27. The molecule has 0 radical (unpaired) electrons. The first-order valence-corrected chi connectivity index (χ1v) is 10.6. The van der Waals surface area contributed by atoms with Crippen LogP contribution in [0.25, 0.3) is 0 Å². The number of likely N-dealkylation sites (tertiary alicyclic amines) is 1. The number of amides is 1. The van der Waals surface area contributed by atoms with Gasteiger partial charge in [0.2, 0.25) is 5.91 Å². The van der Waals surface area contributed by atoms with Gasteiger partial charge in [0.25, 0.3) is 5.89 Å². The molecule has 1 aliphatic heterocycles. The number of rotatable bonds is 8. The number of piperidine rings is 1. The Kier molecular flexibility index (Phi) is 6.87. The lowest BCUT2D eigenvalue weighted by Crippen LogP contribution is -2.39. The van der Waals surface area contributed by atoms with E-state index in [0.717, 1.165) is 37.8 Å². The lowest BCUT2D eigenvalue weighted by molar-refractivity contribution is -0.135. The predicted molar refractivity (Wildman–Crippen MR) is 112 cm³/mol. The number of nitrogens with zero attached hydrogens (tertiary/aromatic N) is 3. The molecule has 0 spiro atoms. The summed E-state index contributed by atoms with van der Waals surface area (Å²) in [6, 6.07) is 20.0. The lowest BCUT2D eigenvalue weighted by atomic mass is 10.00. The van der Waals surface area contributed by atoms with Crippen molar-refractivity contribution < 1.29 is 14.1 Å². The number of ether oxygens (including phenoxy) is 1. The highest BCUT2D eigenvalue weighted by atomic mass is 16.5. The van der Waals surface area contributed by atoms with Crippen LogP contribution in [0.15, 0.2) is 65.2 Å². The lowest BCUT2D eigenvalue weighted by Gasteiger charge is -2.34. The van der Waals surface area contributed by atoms with Crippen LogP contribution in [0.5, 0.6) is 0 Å². The average Bonchev–Trinajstić information content (AvgIpc) is 3.28. The third-order valence-electron chi connectivity index (χ3n) is 5.41. The summed E-state index contributed by atoms with van der Waals surface area (Å²) in [5.74, 6) is 1.18. The molecule has 0 bridgehead atoms. The maximum atomic E-state index is 12.9. The fraction of sp³-hybridized carbons (Fsp3) is 0.375. The van der Waals surface area contributed by atoms with Gasteiger partial charge < -0.3 is 14.2 Å². The van der Waals surface area contributed by atoms with Crippen molar-refractivity contribution in [2.24, 2.45) is 0 Å². The highest BCUT2D eigenvalue weighted by Crippen LogP contribution is 2.30. The molecule has 1 atom stereocenters. The van der Waals surface area contributed by atoms with Crippen molar-refractivity contribution in [2.75, 3.05) is 6.54 Å². The van der Waals surface area contributed by atoms with Crippen molar-refractivity contribution in [1.29, 1.82) is 0 Å². The molecule has 1 fully saturated rings. The first-order chi connectivity index (χ1) is 14.8. The Morgan fingerprint density at radius 1 is 1.00 bits per heavy atom. The van der Waals surface area contributed by atoms with Gasteiger partial charge in [0, 0.05) is 13.0 Å². The van der Waals surface area contributed by atoms with Crippen molar-refractivity contribution in [1.82, 2.24) is 15.0 Å². The Morgan fingerprint density at radius 2 is 1.73 bits per heavy atom. The zero-order valence-corrected chi connectivity index (χ0v) is 17.1. The van der Waals surface area contributed by atoms with Gasteiger partial charge in [-0.15, -0.1) is 0 Å². The van der Waals surface area contributed by atoms with Gasteiger partial charge in [-0.25, -0.2) is 0 Å². The quantitative estimate of drug-likeness (QED) is 0.553. The van der Waals surface area contributed by atoms with E-state index in [1.165, 1.54) is 5.56 Å². The van der Waals surface area contributed by atoms with E-state index in [0.29, 0.717) is 24.7 Å². The van der Waals surface area contributed by atoms with Crippen LogP contribution >= 0.6 is 0 Å². The monoisotopic (exact) mass is 405 g/mol. The molecule has 2 heterocycles. The van der Waals surface area contributed by atoms with Crippen LogP contribution in [0.3, 0.4) is 0 Å². The van der Waals surface area contributed by atoms with Gasteiger partial charge >= 0.3 is 0 Å². The number of aryl methyl sites for hydroxylation is 1. The highest BCUT2D eigenvalue weighted by Gasteiger charge is 2.31. The minimum atomic E-state index is -0.117. The standard InChI is InChI=1S/C24H27N3O3/c28-23(15-14-19-9-3-1-4-10-19)27-16-8-7-13-21(27)24-25-22(30-26-24)18-29-17-20-11-5-2-6-12-20/h1-6,9-12,21H,7-8,13-18H2. The summed E-state index contributed by atoms with van der Waals surface area (Å²) in [5, 5.41) is 4.16. The van der Waals surface area contributed by atoms with Gasteiger partial charge in [-0.2, -0.15) is 4.98 Å². The molecule has 0 N–H and O–H groups in total. The zero-order valence-electron chi connectivity index (χ0n) is 17.1. The van der Waals surface area contributed by atoms with E-state index in [9.17, 15) is 4.79 Å². The molecule has 0 aliphatic carbocycles. The van der Waals surface area contributed by atoms with Crippen LogP contribution in [-0.4, -0.2) is 27.5 Å². The van der Waals surface area contributed by atoms with Gasteiger partial charge in [0.15, 0.2) is 5.82 Å². The Morgan fingerprint density at radius 3 is 2.50 bits per heavy atom. The molecule has 1 aliphatic rings. The molecule has 1 unspecified atom stereocenters. The Bertz CT molecular complexity index is 927. The van der Waals surface area contributed by atoms with Crippen molar-refractivity contribution in [3.63, 3.8) is 0 Å². The molecule has 1 amide bonds. The van der Waals surface area contributed by atoms with E-state index in [4.69, 9.17) is 9.26 Å². The fourth-order valence-corrected chi connectivity index (χ4v) is 3.83. The Balaban J connectivity index is 1.33. The van der Waals surface area contributed by atoms with E-state index < -0.39 is 0 Å². The molecule has 2 aromatic carbocycles. The largest absolute Gasteiger partial charge is 0.367 e. The number of benzene rings is 2. The third-order valence-corrected chi connectivity index (χ3v) is 5.41. The van der Waals surface area contributed by atoms with Crippen molar-refractivity contribution in [2.45, 2.75) is 51.4 Å². The smallest absolute Gasteiger partial charge is 0.252 e. The molecule has 156 valence electrons. The van der Waals surface area contributed by atoms with Crippen LogP contribution in [0.1, 0.15) is 54.6 Å². The number of aromatic nitrogens is 2. The van der Waals surface area contributed by atoms with E-state index in [2.05, 4.69) is 22.3 Å². The van der Waals surface area contributed by atoms with E-state index in [1.54, 1.807) is 0 Å². The Labute approximate surface area is 176 Å². The normalized spacial score (nSPS) is 16.5. The second-order valence-corrected chi connectivity index (χ2v) is 7.61. The van der Waals surface area contributed by atoms with Crippen LogP contribution in [0.2, 0.25) is 0 Å². The van der Waals surface area contributed by atoms with E-state index in [-0.39, 0.29) is 18.6 Å². The maximum Gasteiger partial charge on any atom is 0.252 e. The SMILES string of the molecule is O=C(CCc1ccccc1)N1CCCCC1c1noc(COCc2ccccc2)n1. The van der Waals surface area contributed by atoms with Crippen molar-refractivity contribution in [3.8, 4) is 0 Å². The summed E-state index contributed by atoms with van der Waals surface area (Å²) in [6.45, 7) is 1.50. The number of hydrogen-bond acceptors (Lipinski definition) is 5. The minimum absolute atomic E-state index is 0.117. The molecule has 1 saturated heterocycles. The summed E-state index contributed by atoms with van der Waals surface area (Å²) >= 11 is 0.